The summed E-state index contributed by atoms with van der Waals surface area (Å²) < 4.78 is 70.2. The number of nitrogens with one attached hydrogen (secondary N) is 1. The second kappa shape index (κ2) is 15.3. The molecule has 4 rings (SSSR count). The van der Waals surface area contributed by atoms with Crippen molar-refractivity contribution in [3.63, 3.8) is 0 Å². The largest absolute Gasteiger partial charge is 0.416 e. The lowest BCUT2D eigenvalue weighted by molar-refractivity contribution is -0.140. The Labute approximate surface area is 274 Å². The van der Waals surface area contributed by atoms with Gasteiger partial charge in [-0.2, -0.15) is 13.2 Å². The number of nitrogens with zero attached hydrogens (tertiary/aromatic N) is 2. The highest BCUT2D eigenvalue weighted by Crippen LogP contribution is 2.33. The monoisotopic (exact) mass is 665 g/mol. The summed E-state index contributed by atoms with van der Waals surface area (Å²) in [5.74, 6) is -1.18. The lowest BCUT2D eigenvalue weighted by Gasteiger charge is -2.34. The van der Waals surface area contributed by atoms with Gasteiger partial charge < -0.3 is 10.2 Å². The smallest absolute Gasteiger partial charge is 0.354 e. The fourth-order valence-electron chi connectivity index (χ4n) is 5.13. The van der Waals surface area contributed by atoms with Gasteiger partial charge in [-0.25, -0.2) is 8.42 Å². The third-order valence-corrected chi connectivity index (χ3v) is 9.39. The quantitative estimate of drug-likeness (QED) is 0.173. The molecule has 0 heterocycles. The number of carbonyl (C=O) groups is 2. The van der Waals surface area contributed by atoms with Crippen LogP contribution in [-0.2, 0) is 38.8 Å². The van der Waals surface area contributed by atoms with E-state index in [9.17, 15) is 31.2 Å². The molecule has 7 nitrogen and oxygen atoms in total. The fourth-order valence-corrected chi connectivity index (χ4v) is 6.54. The Morgan fingerprint density at radius 1 is 0.809 bits per heavy atom. The minimum Gasteiger partial charge on any atom is -0.354 e. The van der Waals surface area contributed by atoms with Crippen molar-refractivity contribution in [2.75, 3.05) is 17.4 Å². The molecule has 1 atom stereocenters. The molecule has 0 fully saturated rings. The van der Waals surface area contributed by atoms with Gasteiger partial charge in [-0.3, -0.25) is 13.9 Å². The van der Waals surface area contributed by atoms with Crippen LogP contribution in [0.5, 0.6) is 0 Å². The number of halogens is 3. The zero-order valence-corrected chi connectivity index (χ0v) is 27.3. The number of anilines is 1. The summed E-state index contributed by atoms with van der Waals surface area (Å²) in [5, 5.41) is 2.87. The number of hydrogen-bond acceptors (Lipinski definition) is 4. The normalized spacial score (nSPS) is 12.3. The molecule has 0 aliphatic rings. The number of amides is 2. The maximum Gasteiger partial charge on any atom is 0.416 e. The molecular weight excluding hydrogens is 627 g/mol. The molecular formula is C36H38F3N3O4S. The molecule has 0 aliphatic carbocycles. The van der Waals surface area contributed by atoms with Crippen molar-refractivity contribution in [1.29, 1.82) is 0 Å². The average molecular weight is 666 g/mol. The van der Waals surface area contributed by atoms with Crippen LogP contribution in [0, 0.1) is 13.8 Å². The first-order valence-corrected chi connectivity index (χ1v) is 16.7. The van der Waals surface area contributed by atoms with Crippen molar-refractivity contribution in [3.05, 3.63) is 131 Å². The van der Waals surface area contributed by atoms with Gasteiger partial charge in [0.1, 0.15) is 12.6 Å². The van der Waals surface area contributed by atoms with Crippen molar-refractivity contribution in [2.24, 2.45) is 0 Å². The zero-order chi connectivity index (χ0) is 34.2. The third-order valence-electron chi connectivity index (χ3n) is 7.61. The van der Waals surface area contributed by atoms with Crippen LogP contribution in [-0.4, -0.2) is 44.3 Å². The minimum atomic E-state index is -4.76. The molecule has 47 heavy (non-hydrogen) atoms. The molecule has 1 N–H and O–H groups in total. The average Bonchev–Trinajstić information content (AvgIpc) is 3.04. The van der Waals surface area contributed by atoms with Crippen molar-refractivity contribution in [2.45, 2.75) is 57.3 Å². The molecule has 4 aromatic carbocycles. The van der Waals surface area contributed by atoms with E-state index in [1.807, 2.05) is 62.4 Å². The van der Waals surface area contributed by atoms with E-state index in [0.29, 0.717) is 28.9 Å². The second-order valence-corrected chi connectivity index (χ2v) is 13.2. The van der Waals surface area contributed by atoms with Gasteiger partial charge in [-0.05, 0) is 61.7 Å². The van der Waals surface area contributed by atoms with Crippen LogP contribution in [0.25, 0.3) is 0 Å². The second-order valence-electron chi connectivity index (χ2n) is 11.4. The lowest BCUT2D eigenvalue weighted by atomic mass is 10.0. The maximum atomic E-state index is 14.5. The molecule has 0 saturated carbocycles. The SMILES string of the molecule is CCCNC(=O)[C@@H](Cc1ccccc1)N(Cc1cccc(C)c1)C(=O)CN(c1cccc(C(F)(F)F)c1)S(=O)(=O)c1ccc(C)cc1. The summed E-state index contributed by atoms with van der Waals surface area (Å²) in [7, 11) is -4.54. The number of alkyl halides is 3. The van der Waals surface area contributed by atoms with Gasteiger partial charge in [0, 0.05) is 19.5 Å². The lowest BCUT2D eigenvalue weighted by Crippen LogP contribution is -2.53. The molecule has 11 heteroatoms. The van der Waals surface area contributed by atoms with Crippen molar-refractivity contribution >= 4 is 27.5 Å². The summed E-state index contributed by atoms with van der Waals surface area (Å²) in [4.78, 5) is 29.3. The predicted molar refractivity (Wildman–Crippen MR) is 176 cm³/mol. The Balaban J connectivity index is 1.84. The Bertz CT molecular complexity index is 1780. The van der Waals surface area contributed by atoms with E-state index in [-0.39, 0.29) is 23.5 Å². The van der Waals surface area contributed by atoms with Gasteiger partial charge in [0.25, 0.3) is 10.0 Å². The van der Waals surface area contributed by atoms with E-state index in [1.165, 1.54) is 23.1 Å². The first-order valence-electron chi connectivity index (χ1n) is 15.2. The van der Waals surface area contributed by atoms with Gasteiger partial charge in [-0.15, -0.1) is 0 Å². The van der Waals surface area contributed by atoms with Crippen molar-refractivity contribution in [3.8, 4) is 0 Å². The molecule has 0 aromatic heterocycles. The minimum absolute atomic E-state index is 0.0431. The van der Waals surface area contributed by atoms with E-state index in [4.69, 9.17) is 0 Å². The standard InChI is InChI=1S/C36H38F3N3O4S/c1-4-20-40-35(44)33(22-28-11-6-5-7-12-28)41(24-29-13-8-10-27(3)21-29)34(43)25-42(31-15-9-14-30(23-31)36(37,38)39)47(45,46)32-18-16-26(2)17-19-32/h5-19,21,23,33H,4,20,22,24-25H2,1-3H3,(H,40,44)/t33-/m1/s1. The topological polar surface area (TPSA) is 86.8 Å². The van der Waals surface area contributed by atoms with Crippen molar-refractivity contribution in [1.82, 2.24) is 10.2 Å². The third kappa shape index (κ3) is 9.22. The molecule has 0 spiro atoms. The summed E-state index contributed by atoms with van der Waals surface area (Å²) in [6.07, 6.45) is -3.98. The maximum absolute atomic E-state index is 14.5. The highest BCUT2D eigenvalue weighted by atomic mass is 32.2. The van der Waals surface area contributed by atoms with Gasteiger partial charge in [0.15, 0.2) is 0 Å². The van der Waals surface area contributed by atoms with Gasteiger partial charge in [0.2, 0.25) is 11.8 Å². The molecule has 0 saturated heterocycles. The first-order chi connectivity index (χ1) is 22.3. The van der Waals surface area contributed by atoms with Crippen molar-refractivity contribution < 1.29 is 31.2 Å². The molecule has 0 bridgehead atoms. The zero-order valence-electron chi connectivity index (χ0n) is 26.5. The highest BCUT2D eigenvalue weighted by Gasteiger charge is 2.36. The molecule has 0 unspecified atom stereocenters. The van der Waals surface area contributed by atoms with Crippen LogP contribution in [0.2, 0.25) is 0 Å². The Kier molecular flexibility index (Phi) is 11.5. The van der Waals surface area contributed by atoms with Gasteiger partial charge in [-0.1, -0.05) is 90.8 Å². The highest BCUT2D eigenvalue weighted by molar-refractivity contribution is 7.92. The number of hydrogen-bond donors (Lipinski definition) is 1. The van der Waals surface area contributed by atoms with E-state index in [0.717, 1.165) is 28.8 Å². The molecule has 2 amide bonds. The van der Waals surface area contributed by atoms with E-state index in [1.54, 1.807) is 25.1 Å². The fraction of sp³-hybridized carbons (Fsp3) is 0.278. The van der Waals surface area contributed by atoms with Crippen LogP contribution in [0.3, 0.4) is 0 Å². The molecule has 4 aromatic rings. The van der Waals surface area contributed by atoms with E-state index in [2.05, 4.69) is 5.32 Å². The summed E-state index contributed by atoms with van der Waals surface area (Å²) in [5.41, 5.74) is 1.76. The Morgan fingerprint density at radius 3 is 2.11 bits per heavy atom. The van der Waals surface area contributed by atoms with E-state index < -0.39 is 46.2 Å². The van der Waals surface area contributed by atoms with Crippen LogP contribution in [0.15, 0.2) is 108 Å². The summed E-state index contributed by atoms with van der Waals surface area (Å²) >= 11 is 0. The van der Waals surface area contributed by atoms with Crippen LogP contribution in [0.4, 0.5) is 18.9 Å². The molecule has 0 aliphatic heterocycles. The molecule has 0 radical (unpaired) electrons. The van der Waals surface area contributed by atoms with Crippen LogP contribution in [0.1, 0.15) is 41.2 Å². The summed E-state index contributed by atoms with van der Waals surface area (Å²) in [6, 6.07) is 25.1. The number of carbonyl (C=O) groups excluding carboxylic acids is 2. The number of aryl methyl sites for hydroxylation is 2. The molecule has 248 valence electrons. The van der Waals surface area contributed by atoms with E-state index >= 15 is 0 Å². The number of rotatable bonds is 13. The summed E-state index contributed by atoms with van der Waals surface area (Å²) in [6.45, 7) is 5.01. The van der Waals surface area contributed by atoms with Crippen LogP contribution < -0.4 is 9.62 Å². The van der Waals surface area contributed by atoms with Gasteiger partial charge in [0.05, 0.1) is 16.1 Å². The van der Waals surface area contributed by atoms with Crippen LogP contribution >= 0.6 is 0 Å². The number of sulfonamides is 1. The number of benzene rings is 4. The van der Waals surface area contributed by atoms with Gasteiger partial charge >= 0.3 is 6.18 Å². The first kappa shape index (κ1) is 35.2. The Morgan fingerprint density at radius 2 is 1.47 bits per heavy atom. The predicted octanol–water partition coefficient (Wildman–Crippen LogP) is 6.68. The Hall–Kier alpha value is -4.64.